The fourth-order valence-electron chi connectivity index (χ4n) is 4.58. The number of rotatable bonds is 3. The normalized spacial score (nSPS) is 22.7. The summed E-state index contributed by atoms with van der Waals surface area (Å²) in [5.41, 5.74) is 2.61. The molecule has 2 saturated heterocycles. The summed E-state index contributed by atoms with van der Waals surface area (Å²) in [5, 5.41) is 11.4. The maximum absolute atomic E-state index is 12.8. The van der Waals surface area contributed by atoms with Crippen molar-refractivity contribution in [1.29, 1.82) is 5.26 Å². The third-order valence-corrected chi connectivity index (χ3v) is 6.34. The zero-order chi connectivity index (χ0) is 19.8. The molecule has 8 heteroatoms. The molecule has 0 aromatic heterocycles. The van der Waals surface area contributed by atoms with E-state index in [9.17, 15) is 14.4 Å². The standard InChI is InChI=1S/C20H23BN4O3/c1-24(14-6-8-21(12-22)9-7-14)15-2-3-16-13(10-15)11-25(20(16)28)17-4-5-18(26)23-19(17)27/h2-3,10,14,17H,4-9,11H2,1H3,(H,23,26,27). The van der Waals surface area contributed by atoms with Gasteiger partial charge in [0.05, 0.1) is 0 Å². The molecule has 2 fully saturated rings. The average Bonchev–Trinajstić information content (AvgIpc) is 3.03. The molecule has 144 valence electrons. The molecule has 0 aliphatic carbocycles. The number of piperidine rings is 1. The second kappa shape index (κ2) is 7.31. The lowest BCUT2D eigenvalue weighted by Gasteiger charge is -2.34. The predicted molar refractivity (Wildman–Crippen MR) is 105 cm³/mol. The summed E-state index contributed by atoms with van der Waals surface area (Å²) >= 11 is 0. The summed E-state index contributed by atoms with van der Waals surface area (Å²) in [7, 11) is 2.06. The molecule has 1 unspecified atom stereocenters. The second-order valence-corrected chi connectivity index (χ2v) is 7.99. The predicted octanol–water partition coefficient (Wildman–Crippen LogP) is 1.60. The van der Waals surface area contributed by atoms with E-state index < -0.39 is 6.04 Å². The van der Waals surface area contributed by atoms with Gasteiger partial charge < -0.3 is 9.80 Å². The fourth-order valence-corrected chi connectivity index (χ4v) is 4.58. The van der Waals surface area contributed by atoms with Crippen molar-refractivity contribution in [2.75, 3.05) is 11.9 Å². The molecular formula is C20H23BN4O3. The molecule has 1 aromatic carbocycles. The Kier molecular flexibility index (Phi) is 4.84. The third-order valence-electron chi connectivity index (χ3n) is 6.34. The van der Waals surface area contributed by atoms with Crippen LogP contribution in [-0.2, 0) is 16.1 Å². The summed E-state index contributed by atoms with van der Waals surface area (Å²) in [6.07, 6.45) is 4.48. The molecule has 1 N–H and O–H groups in total. The number of imide groups is 1. The fraction of sp³-hybridized carbons (Fsp3) is 0.500. The lowest BCUT2D eigenvalue weighted by molar-refractivity contribution is -0.136. The highest BCUT2D eigenvalue weighted by atomic mass is 16.2. The summed E-state index contributed by atoms with van der Waals surface area (Å²) in [6.45, 7) is 0.563. The van der Waals surface area contributed by atoms with E-state index in [-0.39, 0.29) is 30.9 Å². The maximum Gasteiger partial charge on any atom is 0.268 e. The van der Waals surface area contributed by atoms with E-state index in [0.717, 1.165) is 36.7 Å². The van der Waals surface area contributed by atoms with Gasteiger partial charge in [-0.25, -0.2) is 5.26 Å². The Morgan fingerprint density at radius 1 is 1.21 bits per heavy atom. The van der Waals surface area contributed by atoms with Gasteiger partial charge in [0.1, 0.15) is 6.04 Å². The van der Waals surface area contributed by atoms with E-state index >= 15 is 0 Å². The molecule has 3 heterocycles. The number of hydrogen-bond acceptors (Lipinski definition) is 5. The van der Waals surface area contributed by atoms with E-state index in [1.54, 1.807) is 4.90 Å². The SMILES string of the molecule is CN(c1ccc2c(c1)CN(C1CCC(=O)NC1=O)C2=O)C1CCB(C#N)CC1. The Bertz CT molecular complexity index is 873. The molecule has 3 aliphatic rings. The third kappa shape index (κ3) is 3.26. The Labute approximate surface area is 164 Å². The summed E-state index contributed by atoms with van der Waals surface area (Å²) in [6, 6.07) is 5.65. The van der Waals surface area contributed by atoms with Crippen molar-refractivity contribution in [3.05, 3.63) is 29.3 Å². The minimum Gasteiger partial charge on any atom is -0.372 e. The van der Waals surface area contributed by atoms with Crippen molar-refractivity contribution in [2.24, 2.45) is 0 Å². The number of nitrogens with one attached hydrogen (secondary N) is 1. The van der Waals surface area contributed by atoms with Crippen molar-refractivity contribution in [2.45, 2.75) is 57.0 Å². The van der Waals surface area contributed by atoms with Crippen molar-refractivity contribution in [3.63, 3.8) is 0 Å². The van der Waals surface area contributed by atoms with Gasteiger partial charge in [-0.3, -0.25) is 19.7 Å². The number of fused-ring (bicyclic) bond motifs is 1. The number of anilines is 1. The van der Waals surface area contributed by atoms with Crippen LogP contribution < -0.4 is 10.2 Å². The first-order valence-corrected chi connectivity index (χ1v) is 9.88. The van der Waals surface area contributed by atoms with Gasteiger partial charge in [0, 0.05) is 43.3 Å². The van der Waals surface area contributed by atoms with Crippen LogP contribution in [0.4, 0.5) is 5.69 Å². The first-order valence-electron chi connectivity index (χ1n) is 9.88. The Balaban J connectivity index is 1.49. The van der Waals surface area contributed by atoms with Crippen LogP contribution in [0.3, 0.4) is 0 Å². The van der Waals surface area contributed by atoms with Crippen LogP contribution in [0, 0.1) is 11.2 Å². The smallest absolute Gasteiger partial charge is 0.268 e. The van der Waals surface area contributed by atoms with Crippen LogP contribution in [-0.4, -0.2) is 48.5 Å². The topological polar surface area (TPSA) is 93.5 Å². The van der Waals surface area contributed by atoms with E-state index in [2.05, 4.69) is 23.2 Å². The molecule has 0 spiro atoms. The number of carbonyl (C=O) groups excluding carboxylic acids is 3. The Morgan fingerprint density at radius 3 is 2.64 bits per heavy atom. The molecule has 0 bridgehead atoms. The van der Waals surface area contributed by atoms with Gasteiger partial charge >= 0.3 is 0 Å². The maximum atomic E-state index is 12.8. The van der Waals surface area contributed by atoms with Crippen LogP contribution in [0.1, 0.15) is 41.6 Å². The highest BCUT2D eigenvalue weighted by Crippen LogP contribution is 2.32. The van der Waals surface area contributed by atoms with Gasteiger partial charge in [-0.2, -0.15) is 0 Å². The number of nitrogens with zero attached hydrogens (tertiary/aromatic N) is 3. The molecule has 3 aliphatic heterocycles. The quantitative estimate of drug-likeness (QED) is 0.637. The molecule has 1 atom stereocenters. The molecule has 28 heavy (non-hydrogen) atoms. The molecule has 0 saturated carbocycles. The molecule has 3 amide bonds. The molecule has 4 rings (SSSR count). The van der Waals surface area contributed by atoms with Gasteiger partial charge in [0.2, 0.25) is 11.8 Å². The molecule has 1 aromatic rings. The number of hydrogen-bond donors (Lipinski definition) is 1. The zero-order valence-corrected chi connectivity index (χ0v) is 16.0. The lowest BCUT2D eigenvalue weighted by Crippen LogP contribution is -2.52. The largest absolute Gasteiger partial charge is 0.372 e. The van der Waals surface area contributed by atoms with E-state index in [0.29, 0.717) is 24.6 Å². The molecule has 0 radical (unpaired) electrons. The van der Waals surface area contributed by atoms with E-state index in [1.807, 2.05) is 18.2 Å². The van der Waals surface area contributed by atoms with E-state index in [1.165, 1.54) is 0 Å². The van der Waals surface area contributed by atoms with Gasteiger partial charge in [-0.15, -0.1) is 0 Å². The van der Waals surface area contributed by atoms with Crippen molar-refractivity contribution >= 4 is 30.1 Å². The van der Waals surface area contributed by atoms with Gasteiger partial charge in [0.25, 0.3) is 12.6 Å². The first-order chi connectivity index (χ1) is 13.5. The van der Waals surface area contributed by atoms with Crippen LogP contribution in [0.2, 0.25) is 12.6 Å². The van der Waals surface area contributed by atoms with Crippen LogP contribution in [0.25, 0.3) is 0 Å². The van der Waals surface area contributed by atoms with Crippen LogP contribution >= 0.6 is 0 Å². The van der Waals surface area contributed by atoms with E-state index in [4.69, 9.17) is 5.26 Å². The van der Waals surface area contributed by atoms with Crippen molar-refractivity contribution in [3.8, 4) is 5.97 Å². The number of benzene rings is 1. The monoisotopic (exact) mass is 378 g/mol. The van der Waals surface area contributed by atoms with Gasteiger partial charge in [-0.05, 0) is 43.0 Å². The number of nitriles is 1. The van der Waals surface area contributed by atoms with Crippen molar-refractivity contribution in [1.82, 2.24) is 10.2 Å². The van der Waals surface area contributed by atoms with Gasteiger partial charge in [-0.1, -0.05) is 12.6 Å². The Hall–Kier alpha value is -2.82. The molecular weight excluding hydrogens is 355 g/mol. The lowest BCUT2D eigenvalue weighted by atomic mass is 9.42. The number of carbonyl (C=O) groups is 3. The summed E-state index contributed by atoms with van der Waals surface area (Å²) in [4.78, 5) is 40.2. The minimum absolute atomic E-state index is 0.145. The Morgan fingerprint density at radius 2 is 1.96 bits per heavy atom. The van der Waals surface area contributed by atoms with Crippen LogP contribution in [0.15, 0.2) is 18.2 Å². The second-order valence-electron chi connectivity index (χ2n) is 7.99. The summed E-state index contributed by atoms with van der Waals surface area (Å²) in [5.74, 6) is 1.56. The van der Waals surface area contributed by atoms with Gasteiger partial charge in [0.15, 0.2) is 0 Å². The average molecular weight is 378 g/mol. The van der Waals surface area contributed by atoms with Crippen LogP contribution in [0.5, 0.6) is 0 Å². The molecule has 7 nitrogen and oxygen atoms in total. The minimum atomic E-state index is -0.583. The number of amides is 3. The highest BCUT2D eigenvalue weighted by Gasteiger charge is 2.39. The summed E-state index contributed by atoms with van der Waals surface area (Å²) < 4.78 is 0. The highest BCUT2D eigenvalue weighted by molar-refractivity contribution is 6.67. The van der Waals surface area contributed by atoms with Crippen molar-refractivity contribution < 1.29 is 14.4 Å². The zero-order valence-electron chi connectivity index (χ0n) is 16.0. The first kappa shape index (κ1) is 18.5.